The number of nitro groups is 1. The molecule has 0 aliphatic carbocycles. The van der Waals surface area contributed by atoms with Gasteiger partial charge in [-0.3, -0.25) is 10.1 Å². The second-order valence-electron chi connectivity index (χ2n) is 1.59. The Kier molecular flexibility index (Phi) is 4.27. The van der Waals surface area contributed by atoms with Gasteiger partial charge >= 0.3 is 29.6 Å². The number of nitrogens with zero attached hydrogens (tertiary/aromatic N) is 1. The van der Waals surface area contributed by atoms with E-state index in [1.54, 1.807) is 18.2 Å². The van der Waals surface area contributed by atoms with Crippen molar-refractivity contribution in [3.63, 3.8) is 0 Å². The monoisotopic (exact) mass is 146 g/mol. The Morgan fingerprint density at radius 3 is 2.00 bits per heavy atom. The van der Waals surface area contributed by atoms with E-state index in [9.17, 15) is 10.1 Å². The Bertz CT molecular complexity index is 212. The van der Waals surface area contributed by atoms with Crippen molar-refractivity contribution in [2.75, 3.05) is 0 Å². The first-order valence-corrected chi connectivity index (χ1v) is 2.50. The van der Waals surface area contributed by atoms with Gasteiger partial charge in [0.25, 0.3) is 5.69 Å². The molecule has 0 aromatic heterocycles. The van der Waals surface area contributed by atoms with Crippen molar-refractivity contribution in [2.45, 2.75) is 0 Å². The van der Waals surface area contributed by atoms with Crippen LogP contribution < -0.4 is 29.6 Å². The Morgan fingerprint density at radius 1 is 1.20 bits per heavy atom. The fraction of sp³-hybridized carbons (Fsp3) is 0. The predicted octanol–water partition coefficient (Wildman–Crippen LogP) is -1.40. The molecule has 10 heavy (non-hydrogen) atoms. The largest absolute Gasteiger partial charge is 1.00 e. The Morgan fingerprint density at radius 2 is 1.70 bits per heavy atom. The summed E-state index contributed by atoms with van der Waals surface area (Å²) in [6.45, 7) is 0. The van der Waals surface area contributed by atoms with E-state index in [0.717, 1.165) is 0 Å². The smallest absolute Gasteiger partial charge is 0.258 e. The van der Waals surface area contributed by atoms with Crippen LogP contribution in [0.25, 0.3) is 0 Å². The molecule has 3 nitrogen and oxygen atoms in total. The Balaban J connectivity index is 0.000000810. The molecule has 0 saturated carbocycles. The minimum atomic E-state index is -0.417. The van der Waals surface area contributed by atoms with Crippen molar-refractivity contribution >= 4 is 5.69 Å². The van der Waals surface area contributed by atoms with Crippen molar-refractivity contribution in [3.8, 4) is 0 Å². The first-order chi connectivity index (χ1) is 4.30. The quantitative estimate of drug-likeness (QED) is 0.278. The minimum Gasteiger partial charge on any atom is -0.258 e. The average molecular weight is 146 g/mol. The first kappa shape index (κ1) is 9.62. The predicted molar refractivity (Wildman–Crippen MR) is 33.1 cm³/mol. The van der Waals surface area contributed by atoms with Crippen LogP contribution in [0.5, 0.6) is 0 Å². The molecule has 0 amide bonds. The fourth-order valence-electron chi connectivity index (χ4n) is 0.550. The molecule has 0 unspecified atom stereocenters. The minimum absolute atomic E-state index is 0. The van der Waals surface area contributed by atoms with Crippen LogP contribution in [-0.2, 0) is 0 Å². The van der Waals surface area contributed by atoms with Gasteiger partial charge in [0.15, 0.2) is 0 Å². The van der Waals surface area contributed by atoms with E-state index >= 15 is 0 Å². The standard InChI is InChI=1S/C6H5NO2.Na/c8-7(9)6-4-2-1-3-5-6;/h1-5H;/q;+1. The molecule has 1 aromatic carbocycles. The van der Waals surface area contributed by atoms with Crippen LogP contribution in [0.3, 0.4) is 0 Å². The molecular weight excluding hydrogens is 141 g/mol. The summed E-state index contributed by atoms with van der Waals surface area (Å²) in [6, 6.07) is 7.93. The molecule has 4 heteroatoms. The maximum atomic E-state index is 10.0. The van der Waals surface area contributed by atoms with Gasteiger partial charge in [0.1, 0.15) is 0 Å². The van der Waals surface area contributed by atoms with Crippen LogP contribution in [0.4, 0.5) is 5.69 Å². The first-order valence-electron chi connectivity index (χ1n) is 2.50. The summed E-state index contributed by atoms with van der Waals surface area (Å²) >= 11 is 0. The van der Waals surface area contributed by atoms with E-state index in [1.165, 1.54) is 12.1 Å². The summed E-state index contributed by atoms with van der Waals surface area (Å²) in [6.07, 6.45) is 0. The number of nitro benzene ring substituents is 1. The second-order valence-corrected chi connectivity index (χ2v) is 1.59. The maximum absolute atomic E-state index is 10.0. The fourth-order valence-corrected chi connectivity index (χ4v) is 0.550. The third kappa shape index (κ3) is 2.47. The van der Waals surface area contributed by atoms with Gasteiger partial charge in [0.05, 0.1) is 4.92 Å². The molecule has 0 fully saturated rings. The Hall–Kier alpha value is -0.380. The zero-order valence-corrected chi connectivity index (χ0v) is 7.65. The summed E-state index contributed by atoms with van der Waals surface area (Å²) in [7, 11) is 0. The van der Waals surface area contributed by atoms with Gasteiger partial charge in [-0.15, -0.1) is 0 Å². The summed E-state index contributed by atoms with van der Waals surface area (Å²) in [4.78, 5) is 9.59. The summed E-state index contributed by atoms with van der Waals surface area (Å²) < 4.78 is 0. The molecule has 0 aliphatic rings. The number of rotatable bonds is 1. The second kappa shape index (κ2) is 4.44. The SMILES string of the molecule is O=[N+]([O-])c1ccccc1.[Na+]. The topological polar surface area (TPSA) is 43.1 Å². The van der Waals surface area contributed by atoms with E-state index in [0.29, 0.717) is 0 Å². The number of non-ortho nitro benzene ring substituents is 1. The van der Waals surface area contributed by atoms with E-state index < -0.39 is 4.92 Å². The van der Waals surface area contributed by atoms with E-state index in [1.807, 2.05) is 0 Å². The molecule has 0 bridgehead atoms. The van der Waals surface area contributed by atoms with Crippen LogP contribution in [0.15, 0.2) is 30.3 Å². The van der Waals surface area contributed by atoms with Crippen molar-refractivity contribution in [1.82, 2.24) is 0 Å². The summed E-state index contributed by atoms with van der Waals surface area (Å²) in [5.41, 5.74) is 0.137. The van der Waals surface area contributed by atoms with Gasteiger partial charge in [-0.25, -0.2) is 0 Å². The van der Waals surface area contributed by atoms with Crippen molar-refractivity contribution in [1.29, 1.82) is 0 Å². The van der Waals surface area contributed by atoms with Crippen LogP contribution in [-0.4, -0.2) is 4.92 Å². The molecule has 1 aromatic rings. The van der Waals surface area contributed by atoms with Gasteiger partial charge in [-0.2, -0.15) is 0 Å². The molecule has 0 aliphatic heterocycles. The van der Waals surface area contributed by atoms with E-state index in [4.69, 9.17) is 0 Å². The van der Waals surface area contributed by atoms with E-state index in [-0.39, 0.29) is 35.2 Å². The molecular formula is C6H5NNaO2+. The maximum Gasteiger partial charge on any atom is 1.00 e. The van der Waals surface area contributed by atoms with Gasteiger partial charge in [-0.05, 0) is 0 Å². The van der Waals surface area contributed by atoms with E-state index in [2.05, 4.69) is 0 Å². The normalized spacial score (nSPS) is 8.00. The summed E-state index contributed by atoms with van der Waals surface area (Å²) in [5, 5.41) is 10.0. The molecule has 46 valence electrons. The van der Waals surface area contributed by atoms with Crippen molar-refractivity contribution in [2.24, 2.45) is 0 Å². The van der Waals surface area contributed by atoms with Gasteiger partial charge in [0.2, 0.25) is 0 Å². The summed E-state index contributed by atoms with van der Waals surface area (Å²) in [5.74, 6) is 0. The van der Waals surface area contributed by atoms with Crippen molar-refractivity contribution < 1.29 is 34.5 Å². The zero-order valence-electron chi connectivity index (χ0n) is 5.65. The number of hydrogen-bond acceptors (Lipinski definition) is 2. The number of para-hydroxylation sites is 1. The average Bonchev–Trinajstić information content (AvgIpc) is 1.90. The molecule has 0 saturated heterocycles. The van der Waals surface area contributed by atoms with Gasteiger partial charge < -0.3 is 0 Å². The number of hydrogen-bond donors (Lipinski definition) is 0. The van der Waals surface area contributed by atoms with Gasteiger partial charge in [0, 0.05) is 12.1 Å². The van der Waals surface area contributed by atoms with Crippen LogP contribution in [0, 0.1) is 10.1 Å². The molecule has 0 heterocycles. The molecule has 0 spiro atoms. The third-order valence-electron chi connectivity index (χ3n) is 0.967. The molecule has 0 N–H and O–H groups in total. The molecule has 0 atom stereocenters. The van der Waals surface area contributed by atoms with Crippen LogP contribution in [0.1, 0.15) is 0 Å². The van der Waals surface area contributed by atoms with Crippen LogP contribution >= 0.6 is 0 Å². The van der Waals surface area contributed by atoms with Crippen molar-refractivity contribution in [3.05, 3.63) is 40.4 Å². The number of benzene rings is 1. The Labute approximate surface area is 80.5 Å². The molecule has 0 radical (unpaired) electrons. The van der Waals surface area contributed by atoms with Gasteiger partial charge in [-0.1, -0.05) is 18.2 Å². The molecule has 1 rings (SSSR count). The zero-order chi connectivity index (χ0) is 6.69. The third-order valence-corrected chi connectivity index (χ3v) is 0.967. The van der Waals surface area contributed by atoms with Crippen LogP contribution in [0.2, 0.25) is 0 Å².